The SMILES string of the molecule is COCOCOCNc1ccc(O)cc1. The Balaban J connectivity index is 2.07. The highest BCUT2D eigenvalue weighted by atomic mass is 16.7. The summed E-state index contributed by atoms with van der Waals surface area (Å²) in [7, 11) is 1.55. The zero-order valence-corrected chi connectivity index (χ0v) is 8.60. The summed E-state index contributed by atoms with van der Waals surface area (Å²) in [6.45, 7) is 0.743. The van der Waals surface area contributed by atoms with E-state index in [1.54, 1.807) is 31.4 Å². The highest BCUT2D eigenvalue weighted by Crippen LogP contribution is 2.13. The number of phenols is 1. The Hall–Kier alpha value is -1.30. The number of ether oxygens (including phenoxy) is 3. The predicted octanol–water partition coefficient (Wildman–Crippen LogP) is 1.36. The van der Waals surface area contributed by atoms with Gasteiger partial charge in [-0.15, -0.1) is 0 Å². The number of benzene rings is 1. The number of methoxy groups -OCH3 is 1. The largest absolute Gasteiger partial charge is 0.508 e. The van der Waals surface area contributed by atoms with Crippen molar-refractivity contribution in [2.45, 2.75) is 0 Å². The van der Waals surface area contributed by atoms with Gasteiger partial charge in [0.2, 0.25) is 0 Å². The van der Waals surface area contributed by atoms with Crippen LogP contribution in [0, 0.1) is 0 Å². The third-order valence-electron chi connectivity index (χ3n) is 1.61. The molecule has 15 heavy (non-hydrogen) atoms. The summed E-state index contributed by atoms with van der Waals surface area (Å²) >= 11 is 0. The summed E-state index contributed by atoms with van der Waals surface area (Å²) in [5.74, 6) is 0.241. The molecule has 5 nitrogen and oxygen atoms in total. The lowest BCUT2D eigenvalue weighted by molar-refractivity contribution is -0.116. The molecule has 0 aliphatic rings. The highest BCUT2D eigenvalue weighted by molar-refractivity contribution is 5.45. The van der Waals surface area contributed by atoms with Gasteiger partial charge in [-0.05, 0) is 24.3 Å². The van der Waals surface area contributed by atoms with E-state index in [1.165, 1.54) is 0 Å². The molecule has 0 unspecified atom stereocenters. The van der Waals surface area contributed by atoms with Crippen molar-refractivity contribution < 1.29 is 19.3 Å². The van der Waals surface area contributed by atoms with Crippen LogP contribution in [0.25, 0.3) is 0 Å². The van der Waals surface area contributed by atoms with E-state index in [2.05, 4.69) is 10.1 Å². The topological polar surface area (TPSA) is 60.0 Å². The van der Waals surface area contributed by atoms with Crippen LogP contribution in [0.1, 0.15) is 0 Å². The second-order valence-corrected chi connectivity index (χ2v) is 2.80. The van der Waals surface area contributed by atoms with E-state index < -0.39 is 0 Å². The van der Waals surface area contributed by atoms with Crippen molar-refractivity contribution in [1.29, 1.82) is 0 Å². The Labute approximate surface area is 88.6 Å². The van der Waals surface area contributed by atoms with Crippen molar-refractivity contribution >= 4 is 5.69 Å². The van der Waals surface area contributed by atoms with Crippen LogP contribution in [0.5, 0.6) is 5.75 Å². The van der Waals surface area contributed by atoms with E-state index in [1.807, 2.05) is 0 Å². The number of nitrogens with one attached hydrogen (secondary N) is 1. The molecule has 0 saturated carbocycles. The second-order valence-electron chi connectivity index (χ2n) is 2.80. The van der Waals surface area contributed by atoms with Gasteiger partial charge in [0, 0.05) is 12.8 Å². The monoisotopic (exact) mass is 213 g/mol. The summed E-state index contributed by atoms with van der Waals surface area (Å²) in [6.07, 6.45) is 0. The van der Waals surface area contributed by atoms with Crippen LogP contribution in [0.15, 0.2) is 24.3 Å². The molecular weight excluding hydrogens is 198 g/mol. The van der Waals surface area contributed by atoms with E-state index in [4.69, 9.17) is 14.6 Å². The maximum atomic E-state index is 9.03. The minimum atomic E-state index is 0.179. The Morgan fingerprint density at radius 3 is 2.53 bits per heavy atom. The molecule has 0 fully saturated rings. The molecule has 0 amide bonds. The smallest absolute Gasteiger partial charge is 0.151 e. The summed E-state index contributed by atoms with van der Waals surface area (Å²) in [5.41, 5.74) is 0.875. The van der Waals surface area contributed by atoms with Gasteiger partial charge in [0.25, 0.3) is 0 Å². The summed E-state index contributed by atoms with van der Waals surface area (Å²) in [5, 5.41) is 12.0. The number of anilines is 1. The quantitative estimate of drug-likeness (QED) is 0.407. The molecular formula is C10H15NO4. The second kappa shape index (κ2) is 7.05. The van der Waals surface area contributed by atoms with Crippen molar-refractivity contribution in [2.24, 2.45) is 0 Å². The highest BCUT2D eigenvalue weighted by Gasteiger charge is 1.91. The molecule has 0 heterocycles. The average molecular weight is 213 g/mol. The van der Waals surface area contributed by atoms with E-state index in [9.17, 15) is 0 Å². The van der Waals surface area contributed by atoms with Crippen LogP contribution >= 0.6 is 0 Å². The van der Waals surface area contributed by atoms with Gasteiger partial charge in [-0.3, -0.25) is 0 Å². The van der Waals surface area contributed by atoms with Gasteiger partial charge in [-0.25, -0.2) is 0 Å². The lowest BCUT2D eigenvalue weighted by Gasteiger charge is -2.07. The summed E-state index contributed by atoms with van der Waals surface area (Å²) in [4.78, 5) is 0. The fraction of sp³-hybridized carbons (Fsp3) is 0.400. The maximum absolute atomic E-state index is 9.03. The lowest BCUT2D eigenvalue weighted by Crippen LogP contribution is -2.09. The molecule has 1 aromatic carbocycles. The van der Waals surface area contributed by atoms with Crippen LogP contribution in [-0.4, -0.2) is 32.5 Å². The van der Waals surface area contributed by atoms with Crippen molar-refractivity contribution in [1.82, 2.24) is 0 Å². The number of hydrogen-bond donors (Lipinski definition) is 2. The molecule has 84 valence electrons. The summed E-state index contributed by atoms with van der Waals surface area (Å²) in [6, 6.07) is 6.72. The van der Waals surface area contributed by atoms with Gasteiger partial charge < -0.3 is 24.6 Å². The fourth-order valence-corrected chi connectivity index (χ4v) is 0.932. The molecule has 2 N–H and O–H groups in total. The minimum Gasteiger partial charge on any atom is -0.508 e. The Morgan fingerprint density at radius 1 is 1.13 bits per heavy atom. The predicted molar refractivity (Wildman–Crippen MR) is 55.5 cm³/mol. The van der Waals surface area contributed by atoms with Crippen molar-refractivity contribution in [2.75, 3.05) is 32.7 Å². The average Bonchev–Trinajstić information content (AvgIpc) is 2.26. The summed E-state index contributed by atoms with van der Waals surface area (Å²) < 4.78 is 14.7. The molecule has 0 radical (unpaired) electrons. The van der Waals surface area contributed by atoms with Crippen LogP contribution in [0.3, 0.4) is 0 Å². The van der Waals surface area contributed by atoms with Gasteiger partial charge in [0.1, 0.15) is 19.3 Å². The van der Waals surface area contributed by atoms with Crippen molar-refractivity contribution in [3.8, 4) is 5.75 Å². The first-order chi connectivity index (χ1) is 7.33. The molecule has 1 aromatic rings. The van der Waals surface area contributed by atoms with Gasteiger partial charge >= 0.3 is 0 Å². The first-order valence-corrected chi connectivity index (χ1v) is 4.50. The van der Waals surface area contributed by atoms with Gasteiger partial charge in [-0.1, -0.05) is 0 Å². The van der Waals surface area contributed by atoms with Crippen molar-refractivity contribution in [3.63, 3.8) is 0 Å². The standard InChI is InChI=1S/C10H15NO4/c1-13-7-15-8-14-6-11-9-2-4-10(12)5-3-9/h2-5,11-12H,6-8H2,1H3. The van der Waals surface area contributed by atoms with Crippen LogP contribution in [-0.2, 0) is 14.2 Å². The molecule has 0 aromatic heterocycles. The van der Waals surface area contributed by atoms with Crippen LogP contribution in [0.2, 0.25) is 0 Å². The zero-order valence-electron chi connectivity index (χ0n) is 8.60. The number of phenolic OH excluding ortho intramolecular Hbond substituents is 1. The molecule has 1 rings (SSSR count). The molecule has 0 aliphatic carbocycles. The van der Waals surface area contributed by atoms with E-state index in [0.29, 0.717) is 6.73 Å². The number of hydrogen-bond acceptors (Lipinski definition) is 5. The number of aromatic hydroxyl groups is 1. The molecule has 0 bridgehead atoms. The van der Waals surface area contributed by atoms with Gasteiger partial charge in [0.05, 0.1) is 0 Å². The fourth-order valence-electron chi connectivity index (χ4n) is 0.932. The van der Waals surface area contributed by atoms with E-state index in [0.717, 1.165) is 5.69 Å². The molecule has 0 atom stereocenters. The first kappa shape index (κ1) is 11.8. The third kappa shape index (κ3) is 5.21. The number of rotatable bonds is 7. The molecule has 0 saturated heterocycles. The van der Waals surface area contributed by atoms with E-state index >= 15 is 0 Å². The van der Waals surface area contributed by atoms with Gasteiger partial charge in [-0.2, -0.15) is 0 Å². The zero-order chi connectivity index (χ0) is 10.9. The Bertz CT molecular complexity index is 263. The lowest BCUT2D eigenvalue weighted by atomic mass is 10.3. The normalized spacial score (nSPS) is 10.2. The molecule has 5 heteroatoms. The van der Waals surface area contributed by atoms with Gasteiger partial charge in [0.15, 0.2) is 6.79 Å². The molecule has 0 aliphatic heterocycles. The minimum absolute atomic E-state index is 0.179. The Morgan fingerprint density at radius 2 is 1.87 bits per heavy atom. The van der Waals surface area contributed by atoms with Crippen LogP contribution < -0.4 is 5.32 Å². The first-order valence-electron chi connectivity index (χ1n) is 4.50. The third-order valence-corrected chi connectivity index (χ3v) is 1.61. The van der Waals surface area contributed by atoms with Crippen LogP contribution in [0.4, 0.5) is 5.69 Å². The van der Waals surface area contributed by atoms with E-state index in [-0.39, 0.29) is 19.3 Å². The Kier molecular flexibility index (Phi) is 5.54. The molecule has 0 spiro atoms. The van der Waals surface area contributed by atoms with Crippen molar-refractivity contribution in [3.05, 3.63) is 24.3 Å². The maximum Gasteiger partial charge on any atom is 0.151 e.